The third kappa shape index (κ3) is 2.87. The van der Waals surface area contributed by atoms with E-state index in [0.29, 0.717) is 11.3 Å². The summed E-state index contributed by atoms with van der Waals surface area (Å²) in [7, 11) is 0. The number of hydrogen-bond donors (Lipinski definition) is 0. The van der Waals surface area contributed by atoms with Crippen LogP contribution in [-0.4, -0.2) is 5.97 Å². The van der Waals surface area contributed by atoms with Crippen molar-refractivity contribution in [2.75, 3.05) is 0 Å². The Balaban J connectivity index is 2.64. The molecule has 2 aromatic carbocycles. The van der Waals surface area contributed by atoms with Gasteiger partial charge >= 0.3 is 5.97 Å². The Hall–Kier alpha value is -2.16. The van der Waals surface area contributed by atoms with Gasteiger partial charge in [-0.25, -0.2) is 4.39 Å². The molecular weight excluding hydrogens is 255 g/mol. The summed E-state index contributed by atoms with van der Waals surface area (Å²) in [5.74, 6) is -0.0710. The third-order valence-corrected chi connectivity index (χ3v) is 3.13. The summed E-state index contributed by atoms with van der Waals surface area (Å²) in [6, 6.07) is 8.79. The molecule has 0 fully saturated rings. The van der Waals surface area contributed by atoms with E-state index in [1.54, 1.807) is 19.1 Å². The number of aryl methyl sites for hydroxylation is 3. The molecule has 0 heterocycles. The van der Waals surface area contributed by atoms with Gasteiger partial charge in [0.05, 0.1) is 0 Å². The summed E-state index contributed by atoms with van der Waals surface area (Å²) < 4.78 is 18.7. The monoisotopic (exact) mass is 272 g/mol. The smallest absolute Gasteiger partial charge is 0.308 e. The molecule has 0 amide bonds. The van der Waals surface area contributed by atoms with E-state index in [2.05, 4.69) is 0 Å². The van der Waals surface area contributed by atoms with Crippen molar-refractivity contribution in [3.8, 4) is 16.9 Å². The normalized spacial score (nSPS) is 10.4. The number of halogens is 1. The first-order valence-corrected chi connectivity index (χ1v) is 6.44. The minimum Gasteiger partial charge on any atom is -0.426 e. The van der Waals surface area contributed by atoms with Crippen molar-refractivity contribution in [2.45, 2.75) is 27.7 Å². The molecule has 0 N–H and O–H groups in total. The number of benzene rings is 2. The summed E-state index contributed by atoms with van der Waals surface area (Å²) >= 11 is 0. The fraction of sp³-hybridized carbons (Fsp3) is 0.235. The molecule has 0 aliphatic heterocycles. The van der Waals surface area contributed by atoms with Crippen molar-refractivity contribution in [1.29, 1.82) is 0 Å². The van der Waals surface area contributed by atoms with Crippen LogP contribution in [-0.2, 0) is 4.79 Å². The SMILES string of the molecule is CC(=O)Oc1c(C)cc(C)cc1-c1ccc(F)c(C)c1. The highest BCUT2D eigenvalue weighted by molar-refractivity contribution is 5.78. The van der Waals surface area contributed by atoms with Gasteiger partial charge in [-0.3, -0.25) is 4.79 Å². The van der Waals surface area contributed by atoms with Gasteiger partial charge in [0, 0.05) is 12.5 Å². The predicted molar refractivity (Wildman–Crippen MR) is 77.4 cm³/mol. The van der Waals surface area contributed by atoms with E-state index < -0.39 is 0 Å². The van der Waals surface area contributed by atoms with E-state index in [4.69, 9.17) is 4.74 Å². The van der Waals surface area contributed by atoms with Gasteiger partial charge in [0.1, 0.15) is 11.6 Å². The van der Waals surface area contributed by atoms with Crippen molar-refractivity contribution in [2.24, 2.45) is 0 Å². The molecule has 0 atom stereocenters. The third-order valence-electron chi connectivity index (χ3n) is 3.13. The molecule has 0 unspecified atom stereocenters. The lowest BCUT2D eigenvalue weighted by atomic mass is 9.98. The average Bonchev–Trinajstić information content (AvgIpc) is 2.35. The van der Waals surface area contributed by atoms with Crippen molar-refractivity contribution in [3.63, 3.8) is 0 Å². The summed E-state index contributed by atoms with van der Waals surface area (Å²) in [5.41, 5.74) is 4.16. The number of esters is 1. The fourth-order valence-electron chi connectivity index (χ4n) is 2.26. The molecule has 0 radical (unpaired) electrons. The van der Waals surface area contributed by atoms with Crippen LogP contribution in [0.4, 0.5) is 4.39 Å². The molecule has 104 valence electrons. The van der Waals surface area contributed by atoms with E-state index in [0.717, 1.165) is 22.3 Å². The zero-order chi connectivity index (χ0) is 14.9. The Morgan fingerprint density at radius 1 is 1.05 bits per heavy atom. The molecule has 0 saturated carbocycles. The van der Waals surface area contributed by atoms with E-state index in [9.17, 15) is 9.18 Å². The predicted octanol–water partition coefficient (Wildman–Crippen LogP) is 4.34. The molecule has 0 aromatic heterocycles. The maximum atomic E-state index is 13.4. The summed E-state index contributed by atoms with van der Waals surface area (Å²) in [5, 5.41) is 0. The highest BCUT2D eigenvalue weighted by atomic mass is 19.1. The van der Waals surface area contributed by atoms with Crippen LogP contribution in [0.15, 0.2) is 30.3 Å². The second kappa shape index (κ2) is 5.45. The maximum Gasteiger partial charge on any atom is 0.308 e. The van der Waals surface area contributed by atoms with Gasteiger partial charge in [0.15, 0.2) is 0 Å². The summed E-state index contributed by atoms with van der Waals surface area (Å²) in [6.45, 7) is 6.96. The van der Waals surface area contributed by atoms with E-state index in [1.807, 2.05) is 26.0 Å². The van der Waals surface area contributed by atoms with Gasteiger partial charge in [0.2, 0.25) is 0 Å². The Morgan fingerprint density at radius 3 is 2.35 bits per heavy atom. The van der Waals surface area contributed by atoms with Gasteiger partial charge in [-0.15, -0.1) is 0 Å². The highest BCUT2D eigenvalue weighted by Crippen LogP contribution is 2.35. The molecule has 20 heavy (non-hydrogen) atoms. The largest absolute Gasteiger partial charge is 0.426 e. The molecule has 2 rings (SSSR count). The van der Waals surface area contributed by atoms with Crippen LogP contribution in [0.2, 0.25) is 0 Å². The molecule has 0 bridgehead atoms. The summed E-state index contributed by atoms with van der Waals surface area (Å²) in [6.07, 6.45) is 0. The quantitative estimate of drug-likeness (QED) is 0.600. The molecule has 0 aliphatic rings. The van der Waals surface area contributed by atoms with Crippen molar-refractivity contribution >= 4 is 5.97 Å². The number of ether oxygens (including phenoxy) is 1. The number of hydrogen-bond acceptors (Lipinski definition) is 2. The molecule has 0 aliphatic carbocycles. The molecule has 0 spiro atoms. The van der Waals surface area contributed by atoms with E-state index in [1.165, 1.54) is 13.0 Å². The second-order valence-corrected chi connectivity index (χ2v) is 5.02. The Labute approximate surface area is 118 Å². The van der Waals surface area contributed by atoms with Crippen molar-refractivity contribution in [3.05, 3.63) is 52.8 Å². The van der Waals surface area contributed by atoms with Crippen LogP contribution in [0.1, 0.15) is 23.6 Å². The lowest BCUT2D eigenvalue weighted by molar-refractivity contribution is -0.131. The van der Waals surface area contributed by atoms with E-state index >= 15 is 0 Å². The van der Waals surface area contributed by atoms with Gasteiger partial charge in [-0.05, 0) is 61.2 Å². The van der Waals surface area contributed by atoms with Gasteiger partial charge in [-0.1, -0.05) is 12.1 Å². The van der Waals surface area contributed by atoms with Crippen LogP contribution < -0.4 is 4.74 Å². The lowest BCUT2D eigenvalue weighted by Crippen LogP contribution is -2.05. The van der Waals surface area contributed by atoms with Crippen LogP contribution in [0.3, 0.4) is 0 Å². The molecular formula is C17H17FO2. The van der Waals surface area contributed by atoms with Gasteiger partial charge < -0.3 is 4.74 Å². The first-order valence-electron chi connectivity index (χ1n) is 6.44. The number of rotatable bonds is 2. The number of carbonyl (C=O) groups excluding carboxylic acids is 1. The topological polar surface area (TPSA) is 26.3 Å². The Kier molecular flexibility index (Phi) is 3.89. The minimum atomic E-state index is -0.364. The first kappa shape index (κ1) is 14.3. The second-order valence-electron chi connectivity index (χ2n) is 5.02. The molecule has 0 saturated heterocycles. The van der Waals surface area contributed by atoms with Crippen molar-refractivity contribution in [1.82, 2.24) is 0 Å². The molecule has 2 aromatic rings. The van der Waals surface area contributed by atoms with Crippen LogP contribution in [0, 0.1) is 26.6 Å². The zero-order valence-corrected chi connectivity index (χ0v) is 12.1. The van der Waals surface area contributed by atoms with E-state index in [-0.39, 0.29) is 11.8 Å². The molecule has 2 nitrogen and oxygen atoms in total. The average molecular weight is 272 g/mol. The van der Waals surface area contributed by atoms with Crippen LogP contribution in [0.25, 0.3) is 11.1 Å². The maximum absolute atomic E-state index is 13.4. The Morgan fingerprint density at radius 2 is 1.75 bits per heavy atom. The molecule has 3 heteroatoms. The van der Waals surface area contributed by atoms with Crippen LogP contribution >= 0.6 is 0 Å². The van der Waals surface area contributed by atoms with Crippen LogP contribution in [0.5, 0.6) is 5.75 Å². The zero-order valence-electron chi connectivity index (χ0n) is 12.1. The first-order chi connectivity index (χ1) is 9.38. The summed E-state index contributed by atoms with van der Waals surface area (Å²) in [4.78, 5) is 11.3. The standard InChI is InChI=1S/C17H17FO2/c1-10-7-12(3)17(20-13(4)19)15(8-10)14-5-6-16(18)11(2)9-14/h5-9H,1-4H3. The lowest BCUT2D eigenvalue weighted by Gasteiger charge is -2.14. The highest BCUT2D eigenvalue weighted by Gasteiger charge is 2.13. The van der Waals surface area contributed by atoms with Crippen molar-refractivity contribution < 1.29 is 13.9 Å². The number of carbonyl (C=O) groups is 1. The van der Waals surface area contributed by atoms with Gasteiger partial charge in [0.25, 0.3) is 0 Å². The van der Waals surface area contributed by atoms with Gasteiger partial charge in [-0.2, -0.15) is 0 Å². The minimum absolute atomic E-state index is 0.243. The Bertz CT molecular complexity index is 675. The fourth-order valence-corrected chi connectivity index (χ4v) is 2.26.